The normalized spacial score (nSPS) is 19.2. The smallest absolute Gasteiger partial charge is 0.188 e. The Bertz CT molecular complexity index is 671. The van der Waals surface area contributed by atoms with Crippen LogP contribution in [-0.2, 0) is 6.54 Å². The minimum Gasteiger partial charge on any atom is -0.367 e. The minimum absolute atomic E-state index is 0.0213. The van der Waals surface area contributed by atoms with Crippen LogP contribution in [0.25, 0.3) is 0 Å². The second-order valence-corrected chi connectivity index (χ2v) is 6.93. The summed E-state index contributed by atoms with van der Waals surface area (Å²) < 4.78 is 0. The number of amidine groups is 1. The van der Waals surface area contributed by atoms with E-state index in [2.05, 4.69) is 39.9 Å². The number of fused-ring (bicyclic) bond motifs is 1. The van der Waals surface area contributed by atoms with Crippen molar-refractivity contribution < 1.29 is 0 Å². The van der Waals surface area contributed by atoms with E-state index in [1.54, 1.807) is 11.3 Å². The van der Waals surface area contributed by atoms with Gasteiger partial charge < -0.3 is 10.6 Å². The van der Waals surface area contributed by atoms with E-state index >= 15 is 0 Å². The van der Waals surface area contributed by atoms with Crippen LogP contribution in [0.1, 0.15) is 37.7 Å². The van der Waals surface area contributed by atoms with Gasteiger partial charge in [0, 0.05) is 6.54 Å². The van der Waals surface area contributed by atoms with Crippen LogP contribution >= 0.6 is 11.3 Å². The Labute approximate surface area is 134 Å². The fourth-order valence-corrected chi connectivity index (χ4v) is 4.12. The van der Waals surface area contributed by atoms with Crippen molar-refractivity contribution in [2.75, 3.05) is 5.32 Å². The highest BCUT2D eigenvalue weighted by Crippen LogP contribution is 2.41. The van der Waals surface area contributed by atoms with Gasteiger partial charge in [-0.2, -0.15) is 0 Å². The number of aromatic nitrogens is 1. The fourth-order valence-electron chi connectivity index (χ4n) is 3.40. The van der Waals surface area contributed by atoms with Gasteiger partial charge in [0.1, 0.15) is 10.8 Å². The van der Waals surface area contributed by atoms with Gasteiger partial charge >= 0.3 is 0 Å². The highest BCUT2D eigenvalue weighted by molar-refractivity contribution is 7.14. The third-order valence-corrected chi connectivity index (χ3v) is 5.31. The SMILES string of the molecule is c1ccc(CNC2=Nc3ncsc3NC23CCCCC3)cc1. The topological polar surface area (TPSA) is 49.3 Å². The molecule has 0 saturated heterocycles. The molecule has 0 bridgehead atoms. The molecule has 0 amide bonds. The Morgan fingerprint density at radius 2 is 1.95 bits per heavy atom. The van der Waals surface area contributed by atoms with Crippen molar-refractivity contribution in [2.45, 2.75) is 44.2 Å². The van der Waals surface area contributed by atoms with Crippen LogP contribution in [-0.4, -0.2) is 16.4 Å². The zero-order valence-corrected chi connectivity index (χ0v) is 13.3. The van der Waals surface area contributed by atoms with Crippen LogP contribution in [0.2, 0.25) is 0 Å². The van der Waals surface area contributed by atoms with E-state index in [-0.39, 0.29) is 5.54 Å². The molecule has 1 spiro atoms. The Morgan fingerprint density at radius 1 is 1.14 bits per heavy atom. The molecule has 1 aromatic heterocycles. The van der Waals surface area contributed by atoms with E-state index < -0.39 is 0 Å². The summed E-state index contributed by atoms with van der Waals surface area (Å²) in [6, 6.07) is 10.5. The summed E-state index contributed by atoms with van der Waals surface area (Å²) in [5.74, 6) is 1.89. The molecular formula is C17H20N4S. The molecule has 4 rings (SSSR count). The van der Waals surface area contributed by atoms with Gasteiger partial charge in [0.2, 0.25) is 0 Å². The molecule has 0 unspecified atom stereocenters. The second-order valence-electron chi connectivity index (χ2n) is 6.07. The lowest BCUT2D eigenvalue weighted by molar-refractivity contribution is 0.397. The first-order valence-corrected chi connectivity index (χ1v) is 8.82. The number of benzene rings is 1. The molecular weight excluding hydrogens is 292 g/mol. The molecule has 1 fully saturated rings. The van der Waals surface area contributed by atoms with Crippen molar-refractivity contribution in [1.29, 1.82) is 0 Å². The molecule has 1 saturated carbocycles. The molecule has 22 heavy (non-hydrogen) atoms. The van der Waals surface area contributed by atoms with Crippen LogP contribution in [0.3, 0.4) is 0 Å². The zero-order valence-electron chi connectivity index (χ0n) is 12.5. The Balaban J connectivity index is 1.61. The van der Waals surface area contributed by atoms with Gasteiger partial charge in [0.25, 0.3) is 0 Å². The second kappa shape index (κ2) is 5.72. The van der Waals surface area contributed by atoms with E-state index in [9.17, 15) is 0 Å². The Hall–Kier alpha value is -1.88. The van der Waals surface area contributed by atoms with Crippen LogP contribution in [0.5, 0.6) is 0 Å². The van der Waals surface area contributed by atoms with Gasteiger partial charge in [0.15, 0.2) is 5.82 Å². The van der Waals surface area contributed by atoms with Crippen LogP contribution in [0.4, 0.5) is 10.8 Å². The number of nitrogens with one attached hydrogen (secondary N) is 2. The summed E-state index contributed by atoms with van der Waals surface area (Å²) in [4.78, 5) is 9.21. The molecule has 1 aliphatic carbocycles. The number of thiazole rings is 1. The van der Waals surface area contributed by atoms with E-state index in [4.69, 9.17) is 4.99 Å². The summed E-state index contributed by atoms with van der Waals surface area (Å²) in [6.45, 7) is 0.808. The molecule has 2 N–H and O–H groups in total. The lowest BCUT2D eigenvalue weighted by Gasteiger charge is -2.41. The van der Waals surface area contributed by atoms with Gasteiger partial charge in [-0.3, -0.25) is 0 Å². The molecule has 1 aliphatic heterocycles. The number of aliphatic imine (C=N–C) groups is 1. The van der Waals surface area contributed by atoms with Gasteiger partial charge in [-0.15, -0.1) is 11.3 Å². The summed E-state index contributed by atoms with van der Waals surface area (Å²) in [7, 11) is 0. The number of nitrogens with zero attached hydrogens (tertiary/aromatic N) is 2. The van der Waals surface area contributed by atoms with Gasteiger partial charge in [-0.05, 0) is 18.4 Å². The zero-order chi connectivity index (χ0) is 14.8. The van der Waals surface area contributed by atoms with Gasteiger partial charge in [-0.1, -0.05) is 49.6 Å². The number of anilines is 1. The van der Waals surface area contributed by atoms with E-state index in [1.807, 2.05) is 11.6 Å². The predicted octanol–water partition coefficient (Wildman–Crippen LogP) is 4.09. The predicted molar refractivity (Wildman–Crippen MR) is 91.9 cm³/mol. The van der Waals surface area contributed by atoms with Crippen molar-refractivity contribution in [1.82, 2.24) is 10.3 Å². The maximum atomic E-state index is 4.84. The highest BCUT2D eigenvalue weighted by Gasteiger charge is 2.40. The lowest BCUT2D eigenvalue weighted by atomic mass is 9.80. The first kappa shape index (κ1) is 13.8. The Morgan fingerprint density at radius 3 is 2.77 bits per heavy atom. The first-order chi connectivity index (χ1) is 10.9. The fraction of sp³-hybridized carbons (Fsp3) is 0.412. The van der Waals surface area contributed by atoms with Crippen LogP contribution < -0.4 is 10.6 Å². The van der Waals surface area contributed by atoms with Crippen molar-refractivity contribution in [2.24, 2.45) is 4.99 Å². The lowest BCUT2D eigenvalue weighted by Crippen LogP contribution is -2.54. The maximum Gasteiger partial charge on any atom is 0.188 e. The van der Waals surface area contributed by atoms with Gasteiger partial charge in [-0.25, -0.2) is 9.98 Å². The molecule has 0 atom stereocenters. The highest BCUT2D eigenvalue weighted by atomic mass is 32.1. The van der Waals surface area contributed by atoms with E-state index in [0.717, 1.165) is 36.0 Å². The van der Waals surface area contributed by atoms with E-state index in [0.29, 0.717) is 0 Å². The molecule has 2 heterocycles. The Kier molecular flexibility index (Phi) is 3.58. The van der Waals surface area contributed by atoms with Gasteiger partial charge in [0.05, 0.1) is 11.0 Å². The number of rotatable bonds is 2. The molecule has 0 radical (unpaired) electrons. The first-order valence-electron chi connectivity index (χ1n) is 7.94. The molecule has 114 valence electrons. The standard InChI is InChI=1S/C17H20N4S/c1-3-7-13(8-4-1)11-18-16-17(9-5-2-6-10-17)21-15-14(20-16)19-12-22-15/h1,3-4,7-8,12,21H,2,5-6,9-11H2,(H,18,20). The summed E-state index contributed by atoms with van der Waals surface area (Å²) in [5, 5.41) is 8.44. The van der Waals surface area contributed by atoms with Crippen molar-refractivity contribution in [3.63, 3.8) is 0 Å². The summed E-state index contributed by atoms with van der Waals surface area (Å²) in [5.41, 5.74) is 3.13. The van der Waals surface area contributed by atoms with Crippen LogP contribution in [0, 0.1) is 0 Å². The maximum absolute atomic E-state index is 4.84. The average Bonchev–Trinajstić information content (AvgIpc) is 3.01. The molecule has 1 aromatic carbocycles. The summed E-state index contributed by atoms with van der Waals surface area (Å²) >= 11 is 1.65. The van der Waals surface area contributed by atoms with Crippen molar-refractivity contribution in [3.8, 4) is 0 Å². The summed E-state index contributed by atoms with van der Waals surface area (Å²) in [6.07, 6.45) is 6.13. The van der Waals surface area contributed by atoms with E-state index in [1.165, 1.54) is 24.8 Å². The number of hydrogen-bond donors (Lipinski definition) is 2. The van der Waals surface area contributed by atoms with Crippen molar-refractivity contribution >= 4 is 28.0 Å². The quantitative estimate of drug-likeness (QED) is 0.878. The number of hydrogen-bond acceptors (Lipinski definition) is 5. The molecule has 2 aromatic rings. The third-order valence-electron chi connectivity index (χ3n) is 4.58. The average molecular weight is 312 g/mol. The van der Waals surface area contributed by atoms with Crippen molar-refractivity contribution in [3.05, 3.63) is 41.4 Å². The molecule has 5 heteroatoms. The van der Waals surface area contributed by atoms with Crippen LogP contribution in [0.15, 0.2) is 40.8 Å². The molecule has 2 aliphatic rings. The largest absolute Gasteiger partial charge is 0.367 e. The minimum atomic E-state index is -0.0213. The molecule has 4 nitrogen and oxygen atoms in total. The monoisotopic (exact) mass is 312 g/mol. The third kappa shape index (κ3) is 2.50.